The molecule has 1 aromatic rings. The number of aromatic nitrogens is 1. The minimum absolute atomic E-state index is 0.00613. The van der Waals surface area contributed by atoms with Crippen molar-refractivity contribution in [1.29, 1.82) is 0 Å². The molecular formula is C11H13F2NO3. The van der Waals surface area contributed by atoms with E-state index in [1.807, 2.05) is 0 Å². The summed E-state index contributed by atoms with van der Waals surface area (Å²) in [5, 5.41) is 9.88. The first-order chi connectivity index (χ1) is 7.89. The van der Waals surface area contributed by atoms with Gasteiger partial charge in [-0.05, 0) is 26.0 Å². The van der Waals surface area contributed by atoms with Gasteiger partial charge in [0.2, 0.25) is 6.17 Å². The highest BCUT2D eigenvalue weighted by molar-refractivity contribution is 5.76. The van der Waals surface area contributed by atoms with E-state index in [0.29, 0.717) is 0 Å². The number of rotatable bonds is 4. The number of carbonyl (C=O) groups excluding carboxylic acids is 1. The maximum absolute atomic E-state index is 13.7. The van der Waals surface area contributed by atoms with E-state index >= 15 is 0 Å². The van der Waals surface area contributed by atoms with E-state index in [-0.39, 0.29) is 12.3 Å². The molecule has 1 aromatic heterocycles. The van der Waals surface area contributed by atoms with Gasteiger partial charge in [0.15, 0.2) is 0 Å². The molecule has 1 heterocycles. The number of nitrogens with zero attached hydrogens (tertiary/aromatic N) is 1. The number of halogens is 2. The molecule has 1 N–H and O–H groups in total. The Morgan fingerprint density at radius 1 is 1.65 bits per heavy atom. The van der Waals surface area contributed by atoms with Gasteiger partial charge in [0.25, 0.3) is 0 Å². The van der Waals surface area contributed by atoms with E-state index in [1.54, 1.807) is 0 Å². The van der Waals surface area contributed by atoms with Gasteiger partial charge in [0, 0.05) is 0 Å². The fourth-order valence-electron chi connectivity index (χ4n) is 1.25. The van der Waals surface area contributed by atoms with Gasteiger partial charge in [-0.3, -0.25) is 4.98 Å². The zero-order valence-corrected chi connectivity index (χ0v) is 9.48. The zero-order chi connectivity index (χ0) is 13.1. The Morgan fingerprint density at radius 3 is 2.76 bits per heavy atom. The number of ether oxygens (including phenoxy) is 1. The SMILES string of the molecule is CCOC(=O)C(F)C(C)(O)c1ccc(F)cn1. The first-order valence-corrected chi connectivity index (χ1v) is 5.04. The summed E-state index contributed by atoms with van der Waals surface area (Å²) in [4.78, 5) is 14.7. The fourth-order valence-corrected chi connectivity index (χ4v) is 1.25. The van der Waals surface area contributed by atoms with Crippen LogP contribution in [0.15, 0.2) is 18.3 Å². The molecule has 0 aliphatic heterocycles. The Kier molecular flexibility index (Phi) is 4.11. The smallest absolute Gasteiger partial charge is 0.344 e. The molecule has 1 rings (SSSR count). The van der Waals surface area contributed by atoms with Crippen LogP contribution in [0.3, 0.4) is 0 Å². The lowest BCUT2D eigenvalue weighted by Crippen LogP contribution is -2.40. The lowest BCUT2D eigenvalue weighted by Gasteiger charge is -2.25. The van der Waals surface area contributed by atoms with Crippen LogP contribution in [-0.2, 0) is 15.1 Å². The Bertz CT molecular complexity index is 392. The van der Waals surface area contributed by atoms with E-state index in [9.17, 15) is 18.7 Å². The Morgan fingerprint density at radius 2 is 2.29 bits per heavy atom. The molecule has 2 atom stereocenters. The van der Waals surface area contributed by atoms with E-state index in [0.717, 1.165) is 25.3 Å². The number of hydrogen-bond donors (Lipinski definition) is 1. The van der Waals surface area contributed by atoms with Crippen LogP contribution in [0.1, 0.15) is 19.5 Å². The van der Waals surface area contributed by atoms with Crippen LogP contribution in [0.2, 0.25) is 0 Å². The number of aliphatic hydroxyl groups is 1. The number of carbonyl (C=O) groups is 1. The zero-order valence-electron chi connectivity index (χ0n) is 9.48. The molecule has 0 amide bonds. The lowest BCUT2D eigenvalue weighted by molar-refractivity contribution is -0.160. The number of pyridine rings is 1. The summed E-state index contributed by atoms with van der Waals surface area (Å²) in [6.45, 7) is 2.61. The summed E-state index contributed by atoms with van der Waals surface area (Å²) in [5.74, 6) is -1.79. The molecule has 0 aliphatic rings. The third-order valence-corrected chi connectivity index (χ3v) is 2.23. The lowest BCUT2D eigenvalue weighted by atomic mass is 9.95. The number of hydrogen-bond acceptors (Lipinski definition) is 4. The van der Waals surface area contributed by atoms with Crippen LogP contribution in [0.5, 0.6) is 0 Å². The molecule has 0 saturated heterocycles. The summed E-state index contributed by atoms with van der Waals surface area (Å²) in [6.07, 6.45) is -1.44. The molecule has 94 valence electrons. The number of alkyl halides is 1. The van der Waals surface area contributed by atoms with Crippen LogP contribution in [0.4, 0.5) is 8.78 Å². The molecule has 4 nitrogen and oxygen atoms in total. The molecule has 2 unspecified atom stereocenters. The van der Waals surface area contributed by atoms with E-state index < -0.39 is 23.6 Å². The molecule has 0 aliphatic carbocycles. The van der Waals surface area contributed by atoms with Gasteiger partial charge in [0.05, 0.1) is 18.5 Å². The van der Waals surface area contributed by atoms with E-state index in [4.69, 9.17) is 0 Å². The normalized spacial score (nSPS) is 16.1. The standard InChI is InChI=1S/C11H13F2NO3/c1-3-17-10(15)9(13)11(2,16)8-5-4-7(12)6-14-8/h4-6,9,16H,3H2,1-2H3. The van der Waals surface area contributed by atoms with Gasteiger partial charge in [-0.1, -0.05) is 0 Å². The third-order valence-electron chi connectivity index (χ3n) is 2.23. The van der Waals surface area contributed by atoms with Gasteiger partial charge in [-0.25, -0.2) is 13.6 Å². The summed E-state index contributed by atoms with van der Waals surface area (Å²) >= 11 is 0. The van der Waals surface area contributed by atoms with Gasteiger partial charge < -0.3 is 9.84 Å². The Labute approximate surface area is 97.2 Å². The first kappa shape index (κ1) is 13.5. The van der Waals surface area contributed by atoms with Crippen molar-refractivity contribution in [1.82, 2.24) is 4.98 Å². The summed E-state index contributed by atoms with van der Waals surface area (Å²) in [5.41, 5.74) is -2.29. The molecule has 0 bridgehead atoms. The average Bonchev–Trinajstić information content (AvgIpc) is 2.29. The van der Waals surface area contributed by atoms with E-state index in [2.05, 4.69) is 9.72 Å². The average molecular weight is 245 g/mol. The van der Waals surface area contributed by atoms with Crippen molar-refractivity contribution in [3.63, 3.8) is 0 Å². The van der Waals surface area contributed by atoms with Crippen molar-refractivity contribution >= 4 is 5.97 Å². The predicted octanol–water partition coefficient (Wildman–Crippen LogP) is 1.33. The quantitative estimate of drug-likeness (QED) is 0.813. The second-order valence-corrected chi connectivity index (χ2v) is 3.62. The third kappa shape index (κ3) is 2.97. The Hall–Kier alpha value is -1.56. The Balaban J connectivity index is 2.93. The maximum atomic E-state index is 13.7. The van der Waals surface area contributed by atoms with Crippen LogP contribution in [-0.4, -0.2) is 28.8 Å². The van der Waals surface area contributed by atoms with Crippen molar-refractivity contribution in [3.8, 4) is 0 Å². The van der Waals surface area contributed by atoms with Gasteiger partial charge in [-0.2, -0.15) is 0 Å². The topological polar surface area (TPSA) is 59.4 Å². The molecular weight excluding hydrogens is 232 g/mol. The van der Waals surface area contributed by atoms with Crippen LogP contribution >= 0.6 is 0 Å². The van der Waals surface area contributed by atoms with Crippen molar-refractivity contribution in [3.05, 3.63) is 29.8 Å². The van der Waals surface area contributed by atoms with Crippen LogP contribution < -0.4 is 0 Å². The van der Waals surface area contributed by atoms with Crippen molar-refractivity contribution < 1.29 is 23.4 Å². The molecule has 0 spiro atoms. The van der Waals surface area contributed by atoms with Gasteiger partial charge in [0.1, 0.15) is 11.4 Å². The van der Waals surface area contributed by atoms with Crippen LogP contribution in [0, 0.1) is 5.82 Å². The monoisotopic (exact) mass is 245 g/mol. The van der Waals surface area contributed by atoms with Gasteiger partial charge in [-0.15, -0.1) is 0 Å². The van der Waals surface area contributed by atoms with Crippen molar-refractivity contribution in [2.75, 3.05) is 6.61 Å². The molecule has 6 heteroatoms. The van der Waals surface area contributed by atoms with Crippen LogP contribution in [0.25, 0.3) is 0 Å². The van der Waals surface area contributed by atoms with Gasteiger partial charge >= 0.3 is 5.97 Å². The largest absolute Gasteiger partial charge is 0.464 e. The van der Waals surface area contributed by atoms with E-state index in [1.165, 1.54) is 6.92 Å². The van der Waals surface area contributed by atoms with Crippen molar-refractivity contribution in [2.24, 2.45) is 0 Å². The molecule has 0 radical (unpaired) electrons. The second-order valence-electron chi connectivity index (χ2n) is 3.62. The summed E-state index contributed by atoms with van der Waals surface area (Å²) < 4.78 is 30.8. The predicted molar refractivity (Wildman–Crippen MR) is 55.3 cm³/mol. The van der Waals surface area contributed by atoms with Crippen molar-refractivity contribution in [2.45, 2.75) is 25.6 Å². The molecule has 0 fully saturated rings. The molecule has 17 heavy (non-hydrogen) atoms. The highest BCUT2D eigenvalue weighted by Crippen LogP contribution is 2.26. The fraction of sp³-hybridized carbons (Fsp3) is 0.455. The first-order valence-electron chi connectivity index (χ1n) is 5.04. The summed E-state index contributed by atoms with van der Waals surface area (Å²) in [6, 6.07) is 2.13. The maximum Gasteiger partial charge on any atom is 0.344 e. The minimum atomic E-state index is -2.28. The molecule has 0 saturated carbocycles. The summed E-state index contributed by atoms with van der Waals surface area (Å²) in [7, 11) is 0. The minimum Gasteiger partial charge on any atom is -0.464 e. The number of esters is 1. The highest BCUT2D eigenvalue weighted by Gasteiger charge is 2.41. The second kappa shape index (κ2) is 5.18. The molecule has 0 aromatic carbocycles. The highest BCUT2D eigenvalue weighted by atomic mass is 19.1.